The fraction of sp³-hybridized carbons (Fsp3) is 0.338. The highest BCUT2D eigenvalue weighted by atomic mass is 35.5. The number of hydrogen-bond donors (Lipinski definition) is 7. The van der Waals surface area contributed by atoms with Gasteiger partial charge in [0.05, 0.1) is 67.5 Å². The number of ketones is 2. The normalized spacial score (nSPS) is 17.7. The van der Waals surface area contributed by atoms with Crippen LogP contribution < -0.4 is 54.5 Å². The molecule has 0 fully saturated rings. The standard InChI is InChI=1S/C21H21ClFN3O5S.C20H20ClFN4O5S.C8H6ClNO4.C8H8ClNO3.C7H8ClNO2.C7H9NO2/c1-12-25-21(2,11-32(28,29)26(12)3)14-8-13(4-5-15(14)23)9-16(27)19-18(22)20-17(10-24-19)30-6-7-31-20;1-20(10-32(28,29)26(2)19(23)25-20)12-7-11(3-4-13(12)22)8-14(27)17-16(21)18-15(9-24-17)30-5-6-31-18;9-5-6(8(11)12)10-3-4-7(5)14-2-1-13-4;9-7-5(4-11)10-3-6-8(7)13-2-1-12-6;1-4-2-9-5(3-10)6(8)7(4)11;1-5-3-8-6(4-9)2-7(5)10/h4-5,8,10H,6-7,9,11H2,1-3H3;3-4,7,9H,5-6,8,10H2,1-2H3,(H2,23,25);3H,1-2H2,(H,11,12);3,11H,1-2,4H2;2,10H,3H2,1H3,(H,9,11);2-3,9H,4H2,1H3,(H,8,10)/t21-;20-;;;;/m00..../s1. The molecule has 8 aromatic rings. The molecule has 6 aliphatic heterocycles. The first kappa shape index (κ1) is 86.0. The van der Waals surface area contributed by atoms with E-state index in [2.05, 4.69) is 39.9 Å². The maximum absolute atomic E-state index is 14.8. The molecule has 32 nitrogen and oxygen atoms in total. The number of nitrogens with two attached hydrogens (primary N) is 1. The first-order valence-corrected chi connectivity index (χ1v) is 38.4. The third-order valence-corrected chi connectivity index (χ3v) is 22.9. The van der Waals surface area contributed by atoms with E-state index in [0.717, 1.165) is 8.61 Å². The van der Waals surface area contributed by atoms with E-state index >= 15 is 0 Å². The molecule has 41 heteroatoms. The maximum atomic E-state index is 14.8. The van der Waals surface area contributed by atoms with Gasteiger partial charge in [0.15, 0.2) is 68.7 Å². The van der Waals surface area contributed by atoms with Crippen molar-refractivity contribution in [2.75, 3.05) is 78.5 Å². The zero-order valence-electron chi connectivity index (χ0n) is 60.5. The van der Waals surface area contributed by atoms with Crippen LogP contribution in [0.4, 0.5) is 8.78 Å². The van der Waals surface area contributed by atoms with Crippen LogP contribution in [0.3, 0.4) is 0 Å². The van der Waals surface area contributed by atoms with Crippen molar-refractivity contribution in [3.8, 4) is 46.0 Å². The van der Waals surface area contributed by atoms with E-state index in [1.165, 1.54) is 94.5 Å². The Hall–Kier alpha value is -10.0. The summed E-state index contributed by atoms with van der Waals surface area (Å²) in [6.07, 6.45) is 8.40. The summed E-state index contributed by atoms with van der Waals surface area (Å²) < 4.78 is 124. The number of nitrogens with zero attached hydrogens (tertiary/aromatic N) is 8. The van der Waals surface area contributed by atoms with Crippen molar-refractivity contribution in [2.24, 2.45) is 15.7 Å². The molecule has 0 saturated heterocycles. The summed E-state index contributed by atoms with van der Waals surface area (Å²) in [5.41, 5.74) is 6.06. The topological polar surface area (TPSA) is 449 Å². The van der Waals surface area contributed by atoms with E-state index < -0.39 is 71.8 Å². The minimum atomic E-state index is -3.79. The number of carbonyl (C=O) groups is 3. The molecule has 0 saturated carbocycles. The minimum Gasteiger partial charge on any atom is -0.484 e. The summed E-state index contributed by atoms with van der Waals surface area (Å²) in [4.78, 5) is 88.3. The van der Waals surface area contributed by atoms with E-state index in [1.54, 1.807) is 33.9 Å². The molecule has 6 aromatic heterocycles. The van der Waals surface area contributed by atoms with Gasteiger partial charge in [-0.15, -0.1) is 0 Å². The van der Waals surface area contributed by atoms with Gasteiger partial charge >= 0.3 is 5.97 Å². The largest absolute Gasteiger partial charge is 0.484 e. The molecule has 6 aliphatic rings. The van der Waals surface area contributed by atoms with Crippen molar-refractivity contribution in [1.82, 2.24) is 38.5 Å². The van der Waals surface area contributed by atoms with Gasteiger partial charge in [0, 0.05) is 73.3 Å². The Morgan fingerprint density at radius 3 is 1.35 bits per heavy atom. The van der Waals surface area contributed by atoms with E-state index in [9.17, 15) is 49.6 Å². The zero-order chi connectivity index (χ0) is 81.9. The third kappa shape index (κ3) is 19.9. The quantitative estimate of drug-likeness (QED) is 0.0568. The lowest BCUT2D eigenvalue weighted by Crippen LogP contribution is -2.50. The second kappa shape index (κ2) is 36.6. The van der Waals surface area contributed by atoms with Gasteiger partial charge < -0.3 is 74.0 Å². The fourth-order valence-corrected chi connectivity index (χ4v) is 15.5. The number of amidine groups is 1. The Labute approximate surface area is 663 Å². The average Bonchev–Trinajstić information content (AvgIpc) is 0.757. The molecule has 12 heterocycles. The van der Waals surface area contributed by atoms with Crippen molar-refractivity contribution in [1.29, 1.82) is 0 Å². The first-order valence-electron chi connectivity index (χ1n) is 33.3. The predicted molar refractivity (Wildman–Crippen MR) is 406 cm³/mol. The number of carboxylic acid groups (broad SMARTS) is 1. The Morgan fingerprint density at radius 1 is 0.536 bits per heavy atom. The number of aliphatic hydroxyl groups excluding tert-OH is 3. The molecule has 0 bridgehead atoms. The number of fused-ring (bicyclic) bond motifs is 4. The van der Waals surface area contributed by atoms with Crippen LogP contribution in [-0.4, -0.2) is 184 Å². The van der Waals surface area contributed by atoms with Crippen molar-refractivity contribution < 1.29 is 98.3 Å². The lowest BCUT2D eigenvalue weighted by atomic mass is 9.91. The number of aliphatic hydroxyl groups is 3. The van der Waals surface area contributed by atoms with E-state index in [0.29, 0.717) is 126 Å². The number of rotatable bonds is 12. The van der Waals surface area contributed by atoms with Crippen LogP contribution in [0.5, 0.6) is 46.0 Å². The van der Waals surface area contributed by atoms with Crippen LogP contribution in [-0.2, 0) is 63.8 Å². The van der Waals surface area contributed by atoms with E-state index in [1.807, 2.05) is 0 Å². The summed E-state index contributed by atoms with van der Waals surface area (Å²) in [7, 11) is -4.76. The first-order chi connectivity index (χ1) is 53.0. The van der Waals surface area contributed by atoms with Gasteiger partial charge in [-0.2, -0.15) is 0 Å². The number of carboxylic acids is 1. The van der Waals surface area contributed by atoms with Crippen LogP contribution in [0.2, 0.25) is 25.1 Å². The smallest absolute Gasteiger partial charge is 0.356 e. The van der Waals surface area contributed by atoms with Crippen molar-refractivity contribution in [2.45, 2.75) is 78.4 Å². The number of nitrogens with one attached hydrogen (secondary N) is 2. The highest BCUT2D eigenvalue weighted by molar-refractivity contribution is 7.90. The number of ether oxygens (including phenoxy) is 8. The molecule has 0 amide bonds. The van der Waals surface area contributed by atoms with Gasteiger partial charge in [0.25, 0.3) is 0 Å². The number of halogens is 7. The summed E-state index contributed by atoms with van der Waals surface area (Å²) in [5, 5.41) is 35.4. The number of aromatic carboxylic acids is 1. The fourth-order valence-electron chi connectivity index (χ4n) is 11.1. The maximum Gasteiger partial charge on any atom is 0.356 e. The molecular weight excluding hydrogens is 1620 g/mol. The highest BCUT2D eigenvalue weighted by Gasteiger charge is 2.43. The Balaban J connectivity index is 0.000000165. The number of sulfonamides is 2. The van der Waals surface area contributed by atoms with Crippen LogP contribution in [0.1, 0.15) is 103 Å². The van der Waals surface area contributed by atoms with Gasteiger partial charge in [-0.1, -0.05) is 70.1 Å². The summed E-state index contributed by atoms with van der Waals surface area (Å²) in [5.74, 6) is -1.22. The Morgan fingerprint density at radius 2 is 0.938 bits per heavy atom. The third-order valence-electron chi connectivity index (χ3n) is 17.1. The van der Waals surface area contributed by atoms with E-state index in [4.69, 9.17) is 122 Å². The van der Waals surface area contributed by atoms with Gasteiger partial charge in [-0.3, -0.25) is 33.5 Å². The van der Waals surface area contributed by atoms with Crippen molar-refractivity contribution in [3.63, 3.8) is 0 Å². The van der Waals surface area contributed by atoms with Gasteiger partial charge in [-0.25, -0.2) is 54.7 Å². The molecule has 0 unspecified atom stereocenters. The number of aliphatic imine (C=N–C) groups is 2. The number of carbonyl (C=O) groups excluding carboxylic acids is 2. The van der Waals surface area contributed by atoms with Crippen LogP contribution in [0.15, 0.2) is 99.2 Å². The number of H-pyrrole nitrogens is 2. The number of benzene rings is 2. The number of aromatic nitrogens is 6. The van der Waals surface area contributed by atoms with Gasteiger partial charge in [0.2, 0.25) is 31.4 Å². The molecule has 2 atom stereocenters. The molecule has 112 heavy (non-hydrogen) atoms. The number of guanidine groups is 1. The second-order valence-corrected chi connectivity index (χ2v) is 31.1. The monoisotopic (exact) mass is 1690 g/mol. The second-order valence-electron chi connectivity index (χ2n) is 25.2. The molecule has 2 aromatic carbocycles. The zero-order valence-corrected chi connectivity index (χ0v) is 65.9. The molecule has 0 radical (unpaired) electrons. The number of hydrogen-bond acceptors (Lipinski definition) is 27. The number of aryl methyl sites for hydroxylation is 2. The minimum absolute atomic E-state index is 0.00265. The summed E-state index contributed by atoms with van der Waals surface area (Å²) in [6, 6.07) is 9.55. The summed E-state index contributed by atoms with van der Waals surface area (Å²) >= 11 is 29.9. The molecular formula is C71H72Cl5F2N11O21S2. The predicted octanol–water partition coefficient (Wildman–Crippen LogP) is 8.06. The van der Waals surface area contributed by atoms with Gasteiger partial charge in [-0.05, 0) is 70.0 Å². The number of aromatic amines is 2. The van der Waals surface area contributed by atoms with Gasteiger partial charge in [0.1, 0.15) is 118 Å². The van der Waals surface area contributed by atoms with Crippen molar-refractivity contribution in [3.05, 3.63) is 204 Å². The van der Waals surface area contributed by atoms with Crippen LogP contribution in [0.25, 0.3) is 0 Å². The molecule has 0 aliphatic carbocycles. The molecule has 0 spiro atoms. The lowest BCUT2D eigenvalue weighted by Gasteiger charge is -2.35. The molecule has 14 rings (SSSR count). The van der Waals surface area contributed by atoms with E-state index in [-0.39, 0.29) is 121 Å². The molecule has 598 valence electrons. The SMILES string of the molecule is CC1=N[C@](C)(c2cc(CC(=O)c3ncc4c(c3Cl)OCCO4)ccc2F)CS(=O)(=O)N1C.CN1C(N)=N[C@](C)(c2cc(CC(=O)c3ncc4c(c3Cl)OCCO4)ccc2F)CS1(=O)=O.Cc1c[nH]c(CO)c(Cl)c1=O.Cc1c[nH]c(CO)cc1=O.O=C(O)c1ncc2c(c1Cl)OCCO2.OCc1ncc2c(c1Cl)OCCO2. The number of Topliss-reactive ketones (excluding diaryl/α,β-unsaturated/α-hetero) is 2. The highest BCUT2D eigenvalue weighted by Crippen LogP contribution is 2.43. The number of pyridine rings is 6. The lowest BCUT2D eigenvalue weighted by molar-refractivity contribution is 0.0688. The van der Waals surface area contributed by atoms with Crippen molar-refractivity contribution >= 4 is 107 Å². The molecule has 8 N–H and O–H groups in total. The Bertz CT molecular complexity index is 5190. The van der Waals surface area contributed by atoms with Crippen LogP contribution in [0, 0.1) is 25.5 Å². The summed E-state index contributed by atoms with van der Waals surface area (Å²) in [6.45, 7) is 10.5. The average molecular weight is 1690 g/mol. The van der Waals surface area contributed by atoms with Crippen LogP contribution >= 0.6 is 58.0 Å². The Kier molecular flexibility index (Phi) is 28.1.